The van der Waals surface area contributed by atoms with Crippen LogP contribution in [-0.4, -0.2) is 34.9 Å². The summed E-state index contributed by atoms with van der Waals surface area (Å²) in [6.07, 6.45) is 3.68. The number of nitrogens with one attached hydrogen (secondary N) is 1. The molecule has 0 saturated carbocycles. The van der Waals surface area contributed by atoms with E-state index < -0.39 is 5.97 Å². The monoisotopic (exact) mass is 431 g/mol. The largest absolute Gasteiger partial charge is 0.497 e. The van der Waals surface area contributed by atoms with E-state index >= 15 is 0 Å². The van der Waals surface area contributed by atoms with Gasteiger partial charge in [-0.3, -0.25) is 4.79 Å². The van der Waals surface area contributed by atoms with Crippen LogP contribution in [0, 0.1) is 0 Å². The lowest BCUT2D eigenvalue weighted by atomic mass is 10.1. The first-order valence-electron chi connectivity index (χ1n) is 9.88. The SMILES string of the molecule is COc1ccc(CC(=O)NN=Cc2cn(Cc3ccc(C(=O)O)o3)c3ccccc23)cc1. The van der Waals surface area contributed by atoms with Gasteiger partial charge in [-0.1, -0.05) is 30.3 Å². The Kier molecular flexibility index (Phi) is 6.03. The lowest BCUT2D eigenvalue weighted by Crippen LogP contribution is -2.19. The average Bonchev–Trinajstić information content (AvgIpc) is 3.40. The highest BCUT2D eigenvalue weighted by Gasteiger charge is 2.12. The number of methoxy groups -OCH3 is 1. The van der Waals surface area contributed by atoms with Crippen molar-refractivity contribution in [2.75, 3.05) is 7.11 Å². The molecule has 0 fully saturated rings. The summed E-state index contributed by atoms with van der Waals surface area (Å²) >= 11 is 0. The van der Waals surface area contributed by atoms with Crippen LogP contribution in [0.4, 0.5) is 0 Å². The Morgan fingerprint density at radius 3 is 2.62 bits per heavy atom. The van der Waals surface area contributed by atoms with Crippen molar-refractivity contribution in [3.8, 4) is 5.75 Å². The average molecular weight is 431 g/mol. The van der Waals surface area contributed by atoms with Gasteiger partial charge in [-0.2, -0.15) is 5.10 Å². The number of amides is 1. The van der Waals surface area contributed by atoms with Gasteiger partial charge in [-0.25, -0.2) is 10.2 Å². The fourth-order valence-electron chi connectivity index (χ4n) is 3.40. The zero-order valence-corrected chi connectivity index (χ0v) is 17.3. The van der Waals surface area contributed by atoms with Crippen molar-refractivity contribution in [1.82, 2.24) is 9.99 Å². The van der Waals surface area contributed by atoms with Gasteiger partial charge in [0.05, 0.1) is 26.3 Å². The molecule has 1 amide bonds. The molecule has 4 aromatic rings. The maximum atomic E-state index is 12.2. The predicted molar refractivity (Wildman–Crippen MR) is 119 cm³/mol. The fourth-order valence-corrected chi connectivity index (χ4v) is 3.40. The number of carbonyl (C=O) groups excluding carboxylic acids is 1. The number of benzene rings is 2. The molecule has 0 unspecified atom stereocenters. The van der Waals surface area contributed by atoms with Gasteiger partial charge in [-0.15, -0.1) is 0 Å². The summed E-state index contributed by atoms with van der Waals surface area (Å²) in [4.78, 5) is 23.2. The molecule has 0 aliphatic carbocycles. The second kappa shape index (κ2) is 9.22. The van der Waals surface area contributed by atoms with E-state index in [9.17, 15) is 9.59 Å². The number of furan rings is 1. The topological polar surface area (TPSA) is 106 Å². The van der Waals surface area contributed by atoms with Crippen LogP contribution < -0.4 is 10.2 Å². The van der Waals surface area contributed by atoms with E-state index in [1.807, 2.05) is 47.2 Å². The van der Waals surface area contributed by atoms with Gasteiger partial charge in [0.25, 0.3) is 0 Å². The van der Waals surface area contributed by atoms with Crippen LogP contribution in [0.1, 0.15) is 27.4 Å². The van der Waals surface area contributed by atoms with E-state index in [1.165, 1.54) is 6.07 Å². The van der Waals surface area contributed by atoms with Gasteiger partial charge >= 0.3 is 5.97 Å². The Morgan fingerprint density at radius 2 is 1.91 bits per heavy atom. The number of carboxylic acids is 1. The number of para-hydroxylation sites is 1. The van der Waals surface area contributed by atoms with Crippen LogP contribution in [0.2, 0.25) is 0 Å². The summed E-state index contributed by atoms with van der Waals surface area (Å²) in [6.45, 7) is 0.367. The van der Waals surface area contributed by atoms with E-state index in [4.69, 9.17) is 14.3 Å². The van der Waals surface area contributed by atoms with Gasteiger partial charge in [0.1, 0.15) is 11.5 Å². The molecule has 2 aromatic heterocycles. The molecule has 0 atom stereocenters. The smallest absolute Gasteiger partial charge is 0.371 e. The van der Waals surface area contributed by atoms with Gasteiger partial charge in [0.2, 0.25) is 11.7 Å². The molecule has 2 heterocycles. The van der Waals surface area contributed by atoms with E-state index in [0.717, 1.165) is 27.8 Å². The lowest BCUT2D eigenvalue weighted by Gasteiger charge is -2.02. The number of carbonyl (C=O) groups is 2. The number of rotatable bonds is 8. The maximum Gasteiger partial charge on any atom is 0.371 e. The molecule has 0 aliphatic rings. The molecule has 32 heavy (non-hydrogen) atoms. The molecule has 8 heteroatoms. The highest BCUT2D eigenvalue weighted by Crippen LogP contribution is 2.22. The van der Waals surface area contributed by atoms with Gasteiger partial charge in [-0.05, 0) is 35.9 Å². The minimum atomic E-state index is -1.10. The molecule has 162 valence electrons. The standard InChI is InChI=1S/C24H21N3O5/c1-31-18-8-6-16(7-9-18)12-23(28)26-25-13-17-14-27(21-5-3-2-4-20(17)21)15-19-10-11-22(32-19)24(29)30/h2-11,13-14H,12,15H2,1H3,(H,26,28)(H,29,30). The van der Waals surface area contributed by atoms with Crippen LogP contribution in [0.15, 0.2) is 76.4 Å². The van der Waals surface area contributed by atoms with Crippen molar-refractivity contribution in [2.45, 2.75) is 13.0 Å². The van der Waals surface area contributed by atoms with Crippen molar-refractivity contribution in [3.05, 3.63) is 89.5 Å². The second-order valence-electron chi connectivity index (χ2n) is 7.12. The van der Waals surface area contributed by atoms with Crippen molar-refractivity contribution in [3.63, 3.8) is 0 Å². The van der Waals surface area contributed by atoms with Gasteiger partial charge in [0, 0.05) is 22.7 Å². The first-order chi connectivity index (χ1) is 15.5. The van der Waals surface area contributed by atoms with Crippen molar-refractivity contribution < 1.29 is 23.8 Å². The van der Waals surface area contributed by atoms with Crippen molar-refractivity contribution in [1.29, 1.82) is 0 Å². The summed E-state index contributed by atoms with van der Waals surface area (Å²) in [7, 11) is 1.59. The van der Waals surface area contributed by atoms with Crippen LogP contribution in [0.3, 0.4) is 0 Å². The van der Waals surface area contributed by atoms with E-state index in [-0.39, 0.29) is 18.1 Å². The Morgan fingerprint density at radius 1 is 1.12 bits per heavy atom. The molecule has 0 aliphatic heterocycles. The molecule has 0 bridgehead atoms. The number of aromatic nitrogens is 1. The van der Waals surface area contributed by atoms with E-state index in [0.29, 0.717) is 12.3 Å². The molecule has 8 nitrogen and oxygen atoms in total. The van der Waals surface area contributed by atoms with Crippen molar-refractivity contribution >= 4 is 29.0 Å². The molecular formula is C24H21N3O5. The second-order valence-corrected chi connectivity index (χ2v) is 7.12. The zero-order chi connectivity index (χ0) is 22.5. The minimum absolute atomic E-state index is 0.0992. The van der Waals surface area contributed by atoms with Crippen LogP contribution in [0.25, 0.3) is 10.9 Å². The van der Waals surface area contributed by atoms with E-state index in [2.05, 4.69) is 10.5 Å². The summed E-state index contributed by atoms with van der Waals surface area (Å²) in [6, 6.07) is 18.1. The molecule has 0 saturated heterocycles. The first-order valence-corrected chi connectivity index (χ1v) is 9.88. The number of hydrogen-bond donors (Lipinski definition) is 2. The van der Waals surface area contributed by atoms with Gasteiger partial charge in [0.15, 0.2) is 0 Å². The Balaban J connectivity index is 1.46. The third-order valence-corrected chi connectivity index (χ3v) is 4.93. The predicted octanol–water partition coefficient (Wildman–Crippen LogP) is 3.68. The van der Waals surface area contributed by atoms with Gasteiger partial charge < -0.3 is 18.8 Å². The number of ether oxygens (including phenoxy) is 1. The minimum Gasteiger partial charge on any atom is -0.497 e. The fraction of sp³-hybridized carbons (Fsp3) is 0.125. The highest BCUT2D eigenvalue weighted by atomic mass is 16.5. The van der Waals surface area contributed by atoms with Crippen LogP contribution >= 0.6 is 0 Å². The summed E-state index contributed by atoms with van der Waals surface area (Å²) in [5.41, 5.74) is 5.16. The number of aromatic carboxylic acids is 1. The number of hydrazone groups is 1. The Hall–Kier alpha value is -4.33. The highest BCUT2D eigenvalue weighted by molar-refractivity contribution is 5.99. The number of fused-ring (bicyclic) bond motifs is 1. The molecule has 0 spiro atoms. The quantitative estimate of drug-likeness (QED) is 0.327. The number of carboxylic acid groups (broad SMARTS) is 1. The van der Waals surface area contributed by atoms with E-state index in [1.54, 1.807) is 31.5 Å². The Bertz CT molecular complexity index is 1280. The summed E-state index contributed by atoms with van der Waals surface area (Å²) in [5.74, 6) is -0.173. The normalized spacial score (nSPS) is 11.2. The summed E-state index contributed by atoms with van der Waals surface area (Å²) in [5, 5.41) is 14.1. The first kappa shape index (κ1) is 20.9. The third-order valence-electron chi connectivity index (χ3n) is 4.93. The van der Waals surface area contributed by atoms with Crippen LogP contribution in [-0.2, 0) is 17.8 Å². The van der Waals surface area contributed by atoms with Crippen molar-refractivity contribution in [2.24, 2.45) is 5.10 Å². The third kappa shape index (κ3) is 4.70. The zero-order valence-electron chi connectivity index (χ0n) is 17.3. The number of nitrogens with zero attached hydrogens (tertiary/aromatic N) is 2. The Labute approximate surface area is 183 Å². The molecule has 2 N–H and O–H groups in total. The molecule has 4 rings (SSSR count). The molecule has 0 radical (unpaired) electrons. The molecule has 2 aromatic carbocycles. The van der Waals surface area contributed by atoms with Crippen LogP contribution in [0.5, 0.6) is 5.75 Å². The number of hydrogen-bond acceptors (Lipinski definition) is 5. The summed E-state index contributed by atoms with van der Waals surface area (Å²) < 4.78 is 12.4. The maximum absolute atomic E-state index is 12.2. The molecular weight excluding hydrogens is 410 g/mol. The lowest BCUT2D eigenvalue weighted by molar-refractivity contribution is -0.120.